The second-order valence-electron chi connectivity index (χ2n) is 7.17. The van der Waals surface area contributed by atoms with Gasteiger partial charge >= 0.3 is 0 Å². The van der Waals surface area contributed by atoms with Gasteiger partial charge in [-0.2, -0.15) is 14.7 Å². The molecule has 0 fully saturated rings. The van der Waals surface area contributed by atoms with Gasteiger partial charge in [0.2, 0.25) is 0 Å². The second kappa shape index (κ2) is 7.49. The van der Waals surface area contributed by atoms with Crippen molar-refractivity contribution in [1.29, 1.82) is 0 Å². The maximum absolute atomic E-state index is 12.8. The molecule has 0 atom stereocenters. The lowest BCUT2D eigenvalue weighted by molar-refractivity contribution is 0.101. The van der Waals surface area contributed by atoms with Crippen molar-refractivity contribution in [2.45, 2.75) is 6.92 Å². The van der Waals surface area contributed by atoms with E-state index in [0.29, 0.717) is 17.0 Å². The molecular formula is C23H19N7O. The Labute approximate surface area is 178 Å². The third kappa shape index (κ3) is 3.55. The van der Waals surface area contributed by atoms with E-state index in [0.717, 1.165) is 28.3 Å². The summed E-state index contributed by atoms with van der Waals surface area (Å²) in [6.07, 6.45) is 0. The van der Waals surface area contributed by atoms with Gasteiger partial charge in [-0.1, -0.05) is 42.5 Å². The molecule has 0 saturated carbocycles. The predicted octanol–water partition coefficient (Wildman–Crippen LogP) is 3.75. The van der Waals surface area contributed by atoms with Crippen LogP contribution in [0.5, 0.6) is 0 Å². The zero-order valence-corrected chi connectivity index (χ0v) is 17.0. The molecule has 2 aromatic carbocycles. The zero-order valence-electron chi connectivity index (χ0n) is 17.0. The number of aromatic nitrogens is 6. The SMILES string of the molecule is Cc1nnc2ccc(-c3ccc(NC(=O)c4cc(-c5ccccc5)nn4C)cc3)nn12. The highest BCUT2D eigenvalue weighted by atomic mass is 16.2. The number of amides is 1. The minimum atomic E-state index is -0.218. The zero-order chi connectivity index (χ0) is 21.4. The molecule has 3 aromatic heterocycles. The number of carbonyl (C=O) groups is 1. The fraction of sp³-hybridized carbons (Fsp3) is 0.0870. The summed E-state index contributed by atoms with van der Waals surface area (Å²) in [7, 11) is 1.76. The first-order valence-corrected chi connectivity index (χ1v) is 9.79. The van der Waals surface area contributed by atoms with E-state index in [9.17, 15) is 4.79 Å². The monoisotopic (exact) mass is 409 g/mol. The van der Waals surface area contributed by atoms with Crippen LogP contribution in [0.3, 0.4) is 0 Å². The largest absolute Gasteiger partial charge is 0.321 e. The first-order valence-electron chi connectivity index (χ1n) is 9.79. The fourth-order valence-corrected chi connectivity index (χ4v) is 3.40. The van der Waals surface area contributed by atoms with Crippen molar-refractivity contribution in [3.05, 3.63) is 84.3 Å². The van der Waals surface area contributed by atoms with Gasteiger partial charge in [0.15, 0.2) is 11.5 Å². The number of carbonyl (C=O) groups excluding carboxylic acids is 1. The van der Waals surface area contributed by atoms with Crippen LogP contribution in [0.1, 0.15) is 16.3 Å². The number of benzene rings is 2. The van der Waals surface area contributed by atoms with Gasteiger partial charge in [0.1, 0.15) is 5.69 Å². The molecule has 31 heavy (non-hydrogen) atoms. The van der Waals surface area contributed by atoms with E-state index < -0.39 is 0 Å². The van der Waals surface area contributed by atoms with E-state index in [1.165, 1.54) is 0 Å². The van der Waals surface area contributed by atoms with Crippen LogP contribution in [-0.4, -0.2) is 35.5 Å². The molecular weight excluding hydrogens is 390 g/mol. The molecule has 152 valence electrons. The number of fused-ring (bicyclic) bond motifs is 1. The van der Waals surface area contributed by atoms with Crippen LogP contribution in [-0.2, 0) is 7.05 Å². The Bertz CT molecular complexity index is 1390. The highest BCUT2D eigenvalue weighted by molar-refractivity contribution is 6.03. The lowest BCUT2D eigenvalue weighted by Gasteiger charge is -2.07. The predicted molar refractivity (Wildman–Crippen MR) is 118 cm³/mol. The van der Waals surface area contributed by atoms with Crippen LogP contribution >= 0.6 is 0 Å². The molecule has 1 N–H and O–H groups in total. The van der Waals surface area contributed by atoms with Gasteiger partial charge in [-0.05, 0) is 37.3 Å². The van der Waals surface area contributed by atoms with Gasteiger partial charge in [0, 0.05) is 23.9 Å². The Morgan fingerprint density at radius 2 is 1.58 bits per heavy atom. The van der Waals surface area contributed by atoms with Crippen molar-refractivity contribution in [2.24, 2.45) is 7.05 Å². The molecule has 0 radical (unpaired) electrons. The summed E-state index contributed by atoms with van der Waals surface area (Å²) in [5, 5.41) is 20.1. The lowest BCUT2D eigenvalue weighted by atomic mass is 10.1. The van der Waals surface area contributed by atoms with E-state index in [1.807, 2.05) is 73.7 Å². The van der Waals surface area contributed by atoms with Crippen molar-refractivity contribution in [3.8, 4) is 22.5 Å². The van der Waals surface area contributed by atoms with Crippen LogP contribution < -0.4 is 5.32 Å². The summed E-state index contributed by atoms with van der Waals surface area (Å²) in [5.41, 5.74) is 5.34. The van der Waals surface area contributed by atoms with Crippen LogP contribution in [0.15, 0.2) is 72.8 Å². The van der Waals surface area contributed by atoms with Gasteiger partial charge in [-0.25, -0.2) is 0 Å². The Kier molecular flexibility index (Phi) is 4.51. The molecule has 0 unspecified atom stereocenters. The molecule has 0 spiro atoms. The Morgan fingerprint density at radius 3 is 2.35 bits per heavy atom. The molecule has 3 heterocycles. The first-order chi connectivity index (χ1) is 15.1. The topological polar surface area (TPSA) is 90.0 Å². The molecule has 0 aliphatic carbocycles. The minimum absolute atomic E-state index is 0.218. The number of anilines is 1. The smallest absolute Gasteiger partial charge is 0.273 e. The first kappa shape index (κ1) is 18.7. The van der Waals surface area contributed by atoms with E-state index in [-0.39, 0.29) is 5.91 Å². The molecule has 0 saturated heterocycles. The molecule has 0 aliphatic heterocycles. The summed E-state index contributed by atoms with van der Waals surface area (Å²) in [4.78, 5) is 12.8. The van der Waals surface area contributed by atoms with Gasteiger partial charge in [-0.15, -0.1) is 10.2 Å². The highest BCUT2D eigenvalue weighted by Crippen LogP contribution is 2.22. The molecule has 8 heteroatoms. The van der Waals surface area contributed by atoms with Crippen molar-refractivity contribution < 1.29 is 4.79 Å². The van der Waals surface area contributed by atoms with Gasteiger partial charge in [0.05, 0.1) is 11.4 Å². The fourth-order valence-electron chi connectivity index (χ4n) is 3.40. The molecule has 8 nitrogen and oxygen atoms in total. The summed E-state index contributed by atoms with van der Waals surface area (Å²) >= 11 is 0. The van der Waals surface area contributed by atoms with Crippen molar-refractivity contribution >= 4 is 17.2 Å². The van der Waals surface area contributed by atoms with Crippen molar-refractivity contribution in [3.63, 3.8) is 0 Å². The Balaban J connectivity index is 1.35. The van der Waals surface area contributed by atoms with E-state index in [4.69, 9.17) is 0 Å². The summed E-state index contributed by atoms with van der Waals surface area (Å²) in [6, 6.07) is 22.9. The average molecular weight is 409 g/mol. The second-order valence-corrected chi connectivity index (χ2v) is 7.17. The number of nitrogens with one attached hydrogen (secondary N) is 1. The van der Waals surface area contributed by atoms with Crippen molar-refractivity contribution in [2.75, 3.05) is 5.32 Å². The molecule has 5 aromatic rings. The lowest BCUT2D eigenvalue weighted by Crippen LogP contribution is -2.15. The summed E-state index contributed by atoms with van der Waals surface area (Å²) < 4.78 is 3.30. The number of rotatable bonds is 4. The number of hydrogen-bond donors (Lipinski definition) is 1. The molecule has 1 amide bonds. The van der Waals surface area contributed by atoms with Gasteiger partial charge in [0.25, 0.3) is 5.91 Å². The molecule has 0 aliphatic rings. The quantitative estimate of drug-likeness (QED) is 0.488. The maximum atomic E-state index is 12.8. The van der Waals surface area contributed by atoms with Crippen LogP contribution in [0.25, 0.3) is 28.2 Å². The van der Waals surface area contributed by atoms with Crippen LogP contribution in [0.2, 0.25) is 0 Å². The van der Waals surface area contributed by atoms with Crippen LogP contribution in [0.4, 0.5) is 5.69 Å². The van der Waals surface area contributed by atoms with E-state index in [1.54, 1.807) is 22.3 Å². The van der Waals surface area contributed by atoms with Crippen LogP contribution in [0, 0.1) is 6.92 Å². The standard InChI is InChI=1S/C23H19N7O/c1-15-25-26-22-13-12-19(28-30(15)22)17-8-10-18(11-9-17)24-23(31)21-14-20(27-29(21)2)16-6-4-3-5-7-16/h3-14H,1-2H3,(H,24,31). The number of hydrogen-bond acceptors (Lipinski definition) is 5. The van der Waals surface area contributed by atoms with Gasteiger partial charge < -0.3 is 5.32 Å². The minimum Gasteiger partial charge on any atom is -0.321 e. The summed E-state index contributed by atoms with van der Waals surface area (Å²) in [5.74, 6) is 0.511. The third-order valence-corrected chi connectivity index (χ3v) is 5.04. The molecule has 0 bridgehead atoms. The third-order valence-electron chi connectivity index (χ3n) is 5.04. The van der Waals surface area contributed by atoms with E-state index in [2.05, 4.69) is 25.7 Å². The highest BCUT2D eigenvalue weighted by Gasteiger charge is 2.15. The average Bonchev–Trinajstić information content (AvgIpc) is 3.37. The Hall–Kier alpha value is -4.33. The molecule has 5 rings (SSSR count). The maximum Gasteiger partial charge on any atom is 0.273 e. The number of aryl methyl sites for hydroxylation is 2. The normalized spacial score (nSPS) is 11.0. The summed E-state index contributed by atoms with van der Waals surface area (Å²) in [6.45, 7) is 1.86. The number of nitrogens with zero attached hydrogens (tertiary/aromatic N) is 6. The Morgan fingerprint density at radius 1 is 0.839 bits per heavy atom. The van der Waals surface area contributed by atoms with Gasteiger partial charge in [-0.3, -0.25) is 9.48 Å². The van der Waals surface area contributed by atoms with E-state index >= 15 is 0 Å². The van der Waals surface area contributed by atoms with Crippen molar-refractivity contribution in [1.82, 2.24) is 29.6 Å².